The molecular weight excluding hydrogens is 430 g/mol. The predicted molar refractivity (Wildman–Crippen MR) is 115 cm³/mol. The first-order chi connectivity index (χ1) is 15.6. The molecule has 2 aromatic rings. The Kier molecular flexibility index (Phi) is 5.73. The summed E-state index contributed by atoms with van der Waals surface area (Å²) in [6, 6.07) is 3.46. The number of carbonyl (C=O) groups is 3. The van der Waals surface area contributed by atoms with Gasteiger partial charge in [-0.1, -0.05) is 0 Å². The van der Waals surface area contributed by atoms with E-state index in [0.717, 1.165) is 0 Å². The third-order valence-corrected chi connectivity index (χ3v) is 6.36. The minimum Gasteiger partial charge on any atom is -0.501 e. The van der Waals surface area contributed by atoms with Crippen LogP contribution in [-0.4, -0.2) is 51.4 Å². The van der Waals surface area contributed by atoms with E-state index in [4.69, 9.17) is 4.42 Å². The predicted octanol–water partition coefficient (Wildman–Crippen LogP) is 0.384. The van der Waals surface area contributed by atoms with Gasteiger partial charge < -0.3 is 25.1 Å². The number of aryl methyl sites for hydroxylation is 1. The van der Waals surface area contributed by atoms with Gasteiger partial charge in [0.2, 0.25) is 5.75 Å². The van der Waals surface area contributed by atoms with Crippen LogP contribution in [-0.2, 0) is 28.2 Å². The normalized spacial score (nSPS) is 21.1. The molecule has 11 nitrogen and oxygen atoms in total. The molecule has 0 unspecified atom stereocenters. The average Bonchev–Trinajstić information content (AvgIpc) is 3.07. The summed E-state index contributed by atoms with van der Waals surface area (Å²) in [4.78, 5) is 56.3. The first kappa shape index (κ1) is 22.6. The van der Waals surface area contributed by atoms with E-state index in [0.29, 0.717) is 43.7 Å². The average molecular weight is 457 g/mol. The van der Waals surface area contributed by atoms with Crippen molar-refractivity contribution in [3.05, 3.63) is 45.5 Å². The zero-order valence-electron chi connectivity index (χ0n) is 18.8. The maximum absolute atomic E-state index is 13.0. The first-order valence-corrected chi connectivity index (χ1v) is 10.8. The number of hydrogen-bond acceptors (Lipinski definition) is 7. The second-order valence-electron chi connectivity index (χ2n) is 8.92. The number of furan rings is 1. The van der Waals surface area contributed by atoms with Gasteiger partial charge in [-0.2, -0.15) is 0 Å². The highest BCUT2D eigenvalue weighted by atomic mass is 16.3. The third-order valence-electron chi connectivity index (χ3n) is 6.36. The number of nitrogens with zero attached hydrogens (tertiary/aromatic N) is 3. The Bertz CT molecular complexity index is 1170. The lowest BCUT2D eigenvalue weighted by atomic mass is 9.77. The number of carbonyl (C=O) groups excluding carboxylic acids is 3. The summed E-state index contributed by atoms with van der Waals surface area (Å²) in [5.74, 6) is -1.49. The van der Waals surface area contributed by atoms with Gasteiger partial charge in [0.05, 0.1) is 12.1 Å². The zero-order chi connectivity index (χ0) is 23.9. The Labute approximate surface area is 189 Å². The standard InChI is InChI=1S/C22H27N5O6/c1-12-4-5-14(33-12)10-23-17(29)15-16(28)19(31)27-11-13-6-8-22(9-7-13,21(27)24-15)25-18(30)20(32)26(2)3/h4-5,13,28H,6-11H2,1-3H3,(H,23,29)(H,25,30). The number of hydrogen-bond donors (Lipinski definition) is 3. The molecule has 11 heteroatoms. The molecule has 4 heterocycles. The van der Waals surface area contributed by atoms with Crippen molar-refractivity contribution in [1.29, 1.82) is 0 Å². The van der Waals surface area contributed by atoms with Gasteiger partial charge in [-0.25, -0.2) is 4.98 Å². The maximum atomic E-state index is 13.0. The molecule has 2 aromatic heterocycles. The molecule has 2 aliphatic heterocycles. The summed E-state index contributed by atoms with van der Waals surface area (Å²) in [6.45, 7) is 2.14. The van der Waals surface area contributed by atoms with Crippen molar-refractivity contribution in [2.75, 3.05) is 14.1 Å². The lowest BCUT2D eigenvalue weighted by molar-refractivity contribution is -0.145. The SMILES string of the molecule is Cc1ccc(CNC(=O)c2nc3n(c(=O)c2O)CC2CCC3(NC(=O)C(=O)N(C)C)CC2)o1. The van der Waals surface area contributed by atoms with Crippen LogP contribution in [0.2, 0.25) is 0 Å². The summed E-state index contributed by atoms with van der Waals surface area (Å²) < 4.78 is 6.75. The highest BCUT2D eigenvalue weighted by Crippen LogP contribution is 2.42. The number of fused-ring (bicyclic) bond motifs is 2. The van der Waals surface area contributed by atoms with E-state index in [-0.39, 0.29) is 18.3 Å². The molecule has 3 amide bonds. The minimum absolute atomic E-state index is 0.0491. The summed E-state index contributed by atoms with van der Waals surface area (Å²) in [7, 11) is 2.95. The van der Waals surface area contributed by atoms with Crippen LogP contribution in [0.3, 0.4) is 0 Å². The number of aromatic hydroxyl groups is 1. The van der Waals surface area contributed by atoms with Crippen molar-refractivity contribution in [3.8, 4) is 5.75 Å². The van der Waals surface area contributed by atoms with E-state index >= 15 is 0 Å². The largest absolute Gasteiger partial charge is 0.501 e. The zero-order valence-corrected chi connectivity index (χ0v) is 18.8. The second-order valence-corrected chi connectivity index (χ2v) is 8.92. The van der Waals surface area contributed by atoms with E-state index in [2.05, 4.69) is 15.6 Å². The molecular formula is C22H27N5O6. The number of amides is 3. The van der Waals surface area contributed by atoms with E-state index in [1.165, 1.54) is 23.6 Å². The van der Waals surface area contributed by atoms with Crippen LogP contribution in [0.4, 0.5) is 0 Å². The molecule has 0 atom stereocenters. The van der Waals surface area contributed by atoms with E-state index in [1.54, 1.807) is 19.1 Å². The molecule has 33 heavy (non-hydrogen) atoms. The fourth-order valence-corrected chi connectivity index (χ4v) is 4.56. The molecule has 0 spiro atoms. The van der Waals surface area contributed by atoms with Crippen molar-refractivity contribution in [2.24, 2.45) is 5.92 Å². The number of aromatic nitrogens is 2. The highest BCUT2D eigenvalue weighted by molar-refractivity contribution is 6.35. The van der Waals surface area contributed by atoms with Gasteiger partial charge in [0, 0.05) is 20.6 Å². The summed E-state index contributed by atoms with van der Waals surface area (Å²) in [5.41, 5.74) is -2.26. The van der Waals surface area contributed by atoms with Crippen molar-refractivity contribution in [2.45, 2.75) is 51.2 Å². The van der Waals surface area contributed by atoms with Crippen LogP contribution in [0.5, 0.6) is 5.75 Å². The molecule has 3 N–H and O–H groups in total. The van der Waals surface area contributed by atoms with Crippen molar-refractivity contribution in [3.63, 3.8) is 0 Å². The number of nitrogens with one attached hydrogen (secondary N) is 2. The molecule has 0 aromatic carbocycles. The fourth-order valence-electron chi connectivity index (χ4n) is 4.56. The van der Waals surface area contributed by atoms with E-state index in [9.17, 15) is 24.3 Å². The molecule has 5 rings (SSSR count). The smallest absolute Gasteiger partial charge is 0.311 e. The summed E-state index contributed by atoms with van der Waals surface area (Å²) >= 11 is 0. The Morgan fingerprint density at radius 2 is 1.97 bits per heavy atom. The molecule has 1 saturated carbocycles. The van der Waals surface area contributed by atoms with Crippen LogP contribution in [0, 0.1) is 12.8 Å². The molecule has 0 radical (unpaired) electrons. The van der Waals surface area contributed by atoms with Crippen LogP contribution < -0.4 is 16.2 Å². The fraction of sp³-hybridized carbons (Fsp3) is 0.500. The Morgan fingerprint density at radius 3 is 2.58 bits per heavy atom. The minimum atomic E-state index is -1.09. The van der Waals surface area contributed by atoms with Crippen LogP contribution in [0.25, 0.3) is 0 Å². The highest BCUT2D eigenvalue weighted by Gasteiger charge is 2.46. The van der Waals surface area contributed by atoms with Gasteiger partial charge in [0.25, 0.3) is 11.5 Å². The maximum Gasteiger partial charge on any atom is 0.311 e. The Morgan fingerprint density at radius 1 is 1.27 bits per heavy atom. The molecule has 0 saturated heterocycles. The van der Waals surface area contributed by atoms with E-state index < -0.39 is 40.3 Å². The first-order valence-electron chi connectivity index (χ1n) is 10.8. The van der Waals surface area contributed by atoms with Gasteiger partial charge >= 0.3 is 11.8 Å². The van der Waals surface area contributed by atoms with Gasteiger partial charge in [0.15, 0.2) is 5.69 Å². The molecule has 3 aliphatic rings. The number of likely N-dealkylation sites (N-methyl/N-ethyl adjacent to an activating group) is 1. The molecule has 1 aliphatic carbocycles. The lowest BCUT2D eigenvalue weighted by Crippen LogP contribution is -2.53. The van der Waals surface area contributed by atoms with E-state index in [1.807, 2.05) is 0 Å². The van der Waals surface area contributed by atoms with Crippen LogP contribution in [0.15, 0.2) is 21.3 Å². The van der Waals surface area contributed by atoms with Crippen molar-refractivity contribution < 1.29 is 23.9 Å². The van der Waals surface area contributed by atoms with Gasteiger partial charge in [-0.15, -0.1) is 0 Å². The quantitative estimate of drug-likeness (QED) is 0.563. The van der Waals surface area contributed by atoms with Gasteiger partial charge in [-0.3, -0.25) is 23.7 Å². The van der Waals surface area contributed by atoms with Crippen molar-refractivity contribution in [1.82, 2.24) is 25.1 Å². The second kappa shape index (κ2) is 8.38. The molecule has 1 fully saturated rings. The molecule has 2 bridgehead atoms. The number of rotatable bonds is 4. The van der Waals surface area contributed by atoms with Crippen LogP contribution in [0.1, 0.15) is 53.5 Å². The van der Waals surface area contributed by atoms with Crippen LogP contribution >= 0.6 is 0 Å². The summed E-state index contributed by atoms with van der Waals surface area (Å²) in [5, 5.41) is 15.9. The van der Waals surface area contributed by atoms with Gasteiger partial charge in [0.1, 0.15) is 17.3 Å². The Hall–Kier alpha value is -3.63. The monoisotopic (exact) mass is 457 g/mol. The third kappa shape index (κ3) is 4.10. The van der Waals surface area contributed by atoms with Gasteiger partial charge in [-0.05, 0) is 50.7 Å². The lowest BCUT2D eigenvalue weighted by Gasteiger charge is -2.37. The molecule has 176 valence electrons. The van der Waals surface area contributed by atoms with Crippen molar-refractivity contribution >= 4 is 17.7 Å². The topological polar surface area (TPSA) is 147 Å². The Balaban J connectivity index is 1.71. The summed E-state index contributed by atoms with van der Waals surface area (Å²) in [6.07, 6.45) is 2.35.